The van der Waals surface area contributed by atoms with Gasteiger partial charge in [0.2, 0.25) is 0 Å². The normalized spacial score (nSPS) is 26.5. The van der Waals surface area contributed by atoms with E-state index in [9.17, 15) is 9.90 Å². The Kier molecular flexibility index (Phi) is 4.12. The van der Waals surface area contributed by atoms with Crippen LogP contribution in [-0.4, -0.2) is 26.7 Å². The largest absolute Gasteiger partial charge is 0.389 e. The highest BCUT2D eigenvalue weighted by Crippen LogP contribution is 2.46. The highest BCUT2D eigenvalue weighted by molar-refractivity contribution is 5.82. The van der Waals surface area contributed by atoms with E-state index in [1.807, 2.05) is 6.92 Å². The SMILES string of the molecule is CC(=O)[C@@H]1[C@H](c2ccc(C(C)C)cc2)c2c(n[nH]c2C)C[C@]1(C)O. The van der Waals surface area contributed by atoms with E-state index in [0.29, 0.717) is 12.3 Å². The van der Waals surface area contributed by atoms with Crippen molar-refractivity contribution < 1.29 is 9.90 Å². The Balaban J connectivity index is 2.17. The lowest BCUT2D eigenvalue weighted by atomic mass is 9.64. The van der Waals surface area contributed by atoms with Crippen LogP contribution in [0.4, 0.5) is 0 Å². The van der Waals surface area contributed by atoms with Gasteiger partial charge < -0.3 is 5.11 Å². The minimum Gasteiger partial charge on any atom is -0.389 e. The molecule has 24 heavy (non-hydrogen) atoms. The summed E-state index contributed by atoms with van der Waals surface area (Å²) in [6.07, 6.45) is 0.400. The topological polar surface area (TPSA) is 66.0 Å². The van der Waals surface area contributed by atoms with Crippen LogP contribution in [0.5, 0.6) is 0 Å². The van der Waals surface area contributed by atoms with Crippen molar-refractivity contribution in [3.8, 4) is 0 Å². The Morgan fingerprint density at radius 2 is 1.96 bits per heavy atom. The van der Waals surface area contributed by atoms with E-state index in [-0.39, 0.29) is 11.7 Å². The van der Waals surface area contributed by atoms with Gasteiger partial charge >= 0.3 is 0 Å². The van der Waals surface area contributed by atoms with Crippen LogP contribution < -0.4 is 0 Å². The highest BCUT2D eigenvalue weighted by atomic mass is 16.3. The van der Waals surface area contributed by atoms with Gasteiger partial charge in [0.1, 0.15) is 5.78 Å². The lowest BCUT2D eigenvalue weighted by Crippen LogP contribution is -2.48. The number of aryl methyl sites for hydroxylation is 1. The van der Waals surface area contributed by atoms with E-state index in [1.165, 1.54) is 5.56 Å². The summed E-state index contributed by atoms with van der Waals surface area (Å²) >= 11 is 0. The number of aliphatic hydroxyl groups is 1. The van der Waals surface area contributed by atoms with Gasteiger partial charge in [-0.05, 0) is 37.8 Å². The molecule has 3 rings (SSSR count). The van der Waals surface area contributed by atoms with Gasteiger partial charge in [-0.1, -0.05) is 38.1 Å². The van der Waals surface area contributed by atoms with Gasteiger partial charge in [0.25, 0.3) is 0 Å². The van der Waals surface area contributed by atoms with Crippen molar-refractivity contribution in [2.45, 2.75) is 58.5 Å². The van der Waals surface area contributed by atoms with Crippen LogP contribution in [0, 0.1) is 12.8 Å². The Morgan fingerprint density at radius 3 is 2.50 bits per heavy atom. The minimum atomic E-state index is -1.10. The third-order valence-corrected chi connectivity index (χ3v) is 5.31. The number of ketones is 1. The molecule has 128 valence electrons. The van der Waals surface area contributed by atoms with Crippen LogP contribution in [0.1, 0.15) is 67.6 Å². The molecule has 1 aliphatic rings. The number of carbonyl (C=O) groups is 1. The molecule has 0 bridgehead atoms. The van der Waals surface area contributed by atoms with Crippen molar-refractivity contribution in [1.82, 2.24) is 10.2 Å². The molecule has 1 aliphatic carbocycles. The number of H-pyrrole nitrogens is 1. The number of benzene rings is 1. The summed E-state index contributed by atoms with van der Waals surface area (Å²) in [4.78, 5) is 12.4. The molecule has 0 radical (unpaired) electrons. The number of carbonyl (C=O) groups excluding carboxylic acids is 1. The molecule has 0 spiro atoms. The van der Waals surface area contributed by atoms with Gasteiger partial charge in [0, 0.05) is 23.6 Å². The lowest BCUT2D eigenvalue weighted by Gasteiger charge is -2.41. The van der Waals surface area contributed by atoms with Crippen LogP contribution in [0.3, 0.4) is 0 Å². The molecule has 1 aromatic heterocycles. The number of rotatable bonds is 3. The summed E-state index contributed by atoms with van der Waals surface area (Å²) in [5.74, 6) is -0.153. The highest BCUT2D eigenvalue weighted by Gasteiger charge is 2.48. The van der Waals surface area contributed by atoms with E-state index in [1.54, 1.807) is 13.8 Å². The van der Waals surface area contributed by atoms with Crippen LogP contribution >= 0.6 is 0 Å². The first-order valence-corrected chi connectivity index (χ1v) is 8.58. The standard InChI is InChI=1S/C20H26N2O2/c1-11(2)14-6-8-15(9-7-14)18-17-12(3)21-22-16(17)10-20(5,24)19(18)13(4)23/h6-9,11,18-19,24H,10H2,1-5H3,(H,21,22)/t18-,19-,20+/m1/s1. The van der Waals surface area contributed by atoms with Crippen LogP contribution in [0.25, 0.3) is 0 Å². The van der Waals surface area contributed by atoms with Gasteiger partial charge in [-0.15, -0.1) is 0 Å². The molecule has 0 saturated carbocycles. The van der Waals surface area contributed by atoms with Crippen LogP contribution in [0.2, 0.25) is 0 Å². The summed E-state index contributed by atoms with van der Waals surface area (Å²) in [6, 6.07) is 8.42. The number of Topliss-reactive ketones (excluding diaryl/α,β-unsaturated/α-hetero) is 1. The van der Waals surface area contributed by atoms with E-state index in [2.05, 4.69) is 48.3 Å². The number of fused-ring (bicyclic) bond motifs is 1. The molecule has 0 saturated heterocycles. The summed E-state index contributed by atoms with van der Waals surface area (Å²) < 4.78 is 0. The second-order valence-electron chi connectivity index (χ2n) is 7.63. The van der Waals surface area contributed by atoms with Crippen molar-refractivity contribution in [3.05, 3.63) is 52.3 Å². The third kappa shape index (κ3) is 2.69. The first kappa shape index (κ1) is 16.9. The smallest absolute Gasteiger partial charge is 0.136 e. The number of aromatic nitrogens is 2. The van der Waals surface area contributed by atoms with Gasteiger partial charge in [-0.25, -0.2) is 0 Å². The Labute approximate surface area is 143 Å². The number of nitrogens with zero attached hydrogens (tertiary/aromatic N) is 1. The summed E-state index contributed by atoms with van der Waals surface area (Å²) in [7, 11) is 0. The maximum absolute atomic E-state index is 12.4. The number of hydrogen-bond donors (Lipinski definition) is 2. The zero-order valence-corrected chi connectivity index (χ0v) is 15.1. The maximum atomic E-state index is 12.4. The second-order valence-corrected chi connectivity index (χ2v) is 7.63. The monoisotopic (exact) mass is 326 g/mol. The van der Waals surface area contributed by atoms with E-state index in [4.69, 9.17) is 0 Å². The number of aromatic amines is 1. The zero-order valence-electron chi connectivity index (χ0n) is 15.1. The average Bonchev–Trinajstić information content (AvgIpc) is 2.85. The molecule has 1 aromatic carbocycles. The van der Waals surface area contributed by atoms with Gasteiger partial charge in [0.15, 0.2) is 0 Å². The predicted octanol–water partition coefficient (Wildman–Crippen LogP) is 3.49. The van der Waals surface area contributed by atoms with Gasteiger partial charge in [-0.3, -0.25) is 9.89 Å². The lowest BCUT2D eigenvalue weighted by molar-refractivity contribution is -0.130. The van der Waals surface area contributed by atoms with Crippen molar-refractivity contribution in [3.63, 3.8) is 0 Å². The second kappa shape index (κ2) is 5.85. The molecule has 4 heteroatoms. The molecule has 2 aromatic rings. The summed E-state index contributed by atoms with van der Waals surface area (Å²) in [5.41, 5.74) is 4.15. The van der Waals surface area contributed by atoms with Crippen molar-refractivity contribution in [1.29, 1.82) is 0 Å². The zero-order chi connectivity index (χ0) is 17.6. The van der Waals surface area contributed by atoms with Crippen molar-refractivity contribution in [2.75, 3.05) is 0 Å². The molecule has 2 N–H and O–H groups in total. The molecule has 3 atom stereocenters. The predicted molar refractivity (Wildman–Crippen MR) is 94.2 cm³/mol. The minimum absolute atomic E-state index is 0.0178. The average molecular weight is 326 g/mol. The third-order valence-electron chi connectivity index (χ3n) is 5.31. The van der Waals surface area contributed by atoms with Gasteiger partial charge in [-0.2, -0.15) is 5.10 Å². The van der Waals surface area contributed by atoms with Gasteiger partial charge in [0.05, 0.1) is 17.2 Å². The fourth-order valence-electron chi connectivity index (χ4n) is 4.13. The Hall–Kier alpha value is -1.94. The molecule has 0 unspecified atom stereocenters. The van der Waals surface area contributed by atoms with Crippen LogP contribution in [0.15, 0.2) is 24.3 Å². The quantitative estimate of drug-likeness (QED) is 0.907. The summed E-state index contributed by atoms with van der Waals surface area (Å²) in [6.45, 7) is 9.64. The van der Waals surface area contributed by atoms with Crippen molar-refractivity contribution >= 4 is 5.78 Å². The van der Waals surface area contributed by atoms with Crippen molar-refractivity contribution in [2.24, 2.45) is 5.92 Å². The molecule has 4 nitrogen and oxygen atoms in total. The van der Waals surface area contributed by atoms with E-state index >= 15 is 0 Å². The molecule has 0 amide bonds. The first-order valence-electron chi connectivity index (χ1n) is 8.58. The molecule has 0 fully saturated rings. The van der Waals surface area contributed by atoms with E-state index in [0.717, 1.165) is 22.5 Å². The maximum Gasteiger partial charge on any atom is 0.136 e. The first-order chi connectivity index (χ1) is 11.2. The Morgan fingerprint density at radius 1 is 1.33 bits per heavy atom. The Bertz CT molecular complexity index is 756. The molecular weight excluding hydrogens is 300 g/mol. The molecule has 1 heterocycles. The van der Waals surface area contributed by atoms with E-state index < -0.39 is 11.5 Å². The fourth-order valence-corrected chi connectivity index (χ4v) is 4.13. The number of hydrogen-bond acceptors (Lipinski definition) is 3. The van der Waals surface area contributed by atoms with Crippen LogP contribution in [-0.2, 0) is 11.2 Å². The fraction of sp³-hybridized carbons (Fsp3) is 0.500. The summed E-state index contributed by atoms with van der Waals surface area (Å²) in [5, 5.41) is 18.4. The molecular formula is C20H26N2O2. The number of nitrogens with one attached hydrogen (secondary N) is 1. The molecule has 0 aliphatic heterocycles.